The fourth-order valence-electron chi connectivity index (χ4n) is 3.52. The summed E-state index contributed by atoms with van der Waals surface area (Å²) in [7, 11) is 0.195. The Labute approximate surface area is 214 Å². The second-order valence-electron chi connectivity index (χ2n) is 7.38. The summed E-state index contributed by atoms with van der Waals surface area (Å²) in [6.07, 6.45) is 4.02. The zero-order valence-electron chi connectivity index (χ0n) is 18.9. The summed E-state index contributed by atoms with van der Waals surface area (Å²) in [6.45, 7) is 0.0203. The summed E-state index contributed by atoms with van der Waals surface area (Å²) in [6, 6.07) is 9.20. The molecule has 1 atom stereocenters. The second-order valence-corrected chi connectivity index (χ2v) is 11.5. The fraction of sp³-hybridized carbons (Fsp3) is 0.348. The van der Waals surface area contributed by atoms with Gasteiger partial charge in [-0.15, -0.1) is 0 Å². The van der Waals surface area contributed by atoms with Crippen molar-refractivity contribution in [3.63, 3.8) is 0 Å². The minimum absolute atomic E-state index is 0.0203. The molecule has 2 aromatic carbocycles. The Balaban J connectivity index is 2.08. The number of rotatable bonds is 8. The molecule has 0 aromatic heterocycles. The molecule has 0 aliphatic carbocycles. The Kier molecular flexibility index (Phi) is 9.17. The third kappa shape index (κ3) is 6.01. The van der Waals surface area contributed by atoms with E-state index in [4.69, 9.17) is 37.4 Å². The highest BCUT2D eigenvalue weighted by Crippen LogP contribution is 2.40. The average Bonchev–Trinajstić information content (AvgIpc) is 3.05. The van der Waals surface area contributed by atoms with Crippen LogP contribution < -0.4 is 9.47 Å². The molecule has 0 radical (unpaired) electrons. The van der Waals surface area contributed by atoms with Gasteiger partial charge >= 0.3 is 5.97 Å². The van der Waals surface area contributed by atoms with Gasteiger partial charge in [-0.25, -0.2) is 13.2 Å². The first-order valence-electron chi connectivity index (χ1n) is 10.3. The Morgan fingerprint density at radius 3 is 2.53 bits per heavy atom. The number of hydrogen-bond acceptors (Lipinski definition) is 7. The van der Waals surface area contributed by atoms with Crippen LogP contribution >= 0.6 is 35.0 Å². The van der Waals surface area contributed by atoms with Crippen molar-refractivity contribution in [2.45, 2.75) is 36.1 Å². The monoisotopic (exact) mass is 545 g/mol. The first-order chi connectivity index (χ1) is 16.2. The number of sulfonamides is 1. The van der Waals surface area contributed by atoms with Gasteiger partial charge in [-0.3, -0.25) is 0 Å². The number of nitrogens with zero attached hydrogens (tertiary/aromatic N) is 1. The molecule has 1 aliphatic rings. The first kappa shape index (κ1) is 26.7. The molecule has 2 aromatic rings. The van der Waals surface area contributed by atoms with Crippen LogP contribution in [0.2, 0.25) is 5.02 Å². The maximum absolute atomic E-state index is 13.9. The van der Waals surface area contributed by atoms with Crippen LogP contribution in [0.4, 0.5) is 0 Å². The van der Waals surface area contributed by atoms with Gasteiger partial charge in [-0.05, 0) is 43.5 Å². The molecule has 0 fully saturated rings. The van der Waals surface area contributed by atoms with Crippen LogP contribution in [0.5, 0.6) is 11.5 Å². The number of halogens is 2. The van der Waals surface area contributed by atoms with Crippen molar-refractivity contribution in [3.8, 4) is 11.5 Å². The van der Waals surface area contributed by atoms with Gasteiger partial charge in [0, 0.05) is 18.2 Å². The molecule has 0 saturated heterocycles. The summed E-state index contributed by atoms with van der Waals surface area (Å²) in [4.78, 5) is 11.7. The summed E-state index contributed by atoms with van der Waals surface area (Å²) >= 11 is 14.0. The molecule has 184 valence electrons. The zero-order valence-corrected chi connectivity index (χ0v) is 22.1. The van der Waals surface area contributed by atoms with E-state index < -0.39 is 21.4 Å². The number of carbonyl (C=O) groups is 1. The van der Waals surface area contributed by atoms with Crippen molar-refractivity contribution in [1.29, 1.82) is 0 Å². The van der Waals surface area contributed by atoms with Gasteiger partial charge in [0.15, 0.2) is 0 Å². The molecule has 34 heavy (non-hydrogen) atoms. The fourth-order valence-corrected chi connectivity index (χ4v) is 7.35. The number of thioether (sulfide) groups is 1. The Morgan fingerprint density at radius 2 is 1.88 bits per heavy atom. The maximum atomic E-state index is 13.9. The van der Waals surface area contributed by atoms with Crippen molar-refractivity contribution in [3.05, 3.63) is 63.0 Å². The summed E-state index contributed by atoms with van der Waals surface area (Å²) in [5.41, 5.74) is 0.809. The highest BCUT2D eigenvalue weighted by molar-refractivity contribution is 8.05. The smallest absolute Gasteiger partial charge is 0.337 e. The minimum Gasteiger partial charge on any atom is -0.497 e. The van der Waals surface area contributed by atoms with Crippen molar-refractivity contribution >= 4 is 51.0 Å². The first-order valence-corrected chi connectivity index (χ1v) is 13.4. The lowest BCUT2D eigenvalue weighted by Gasteiger charge is -2.30. The van der Waals surface area contributed by atoms with E-state index in [-0.39, 0.29) is 22.0 Å². The van der Waals surface area contributed by atoms with Gasteiger partial charge in [-0.2, -0.15) is 4.31 Å². The number of carbonyl (C=O) groups excluding carboxylic acids is 1. The molecule has 0 amide bonds. The van der Waals surface area contributed by atoms with Crippen LogP contribution in [0.1, 0.15) is 35.2 Å². The molecule has 0 bridgehead atoms. The van der Waals surface area contributed by atoms with Gasteiger partial charge in [-0.1, -0.05) is 47.1 Å². The van der Waals surface area contributed by atoms with Crippen molar-refractivity contribution in [2.75, 3.05) is 21.3 Å². The van der Waals surface area contributed by atoms with Crippen LogP contribution in [0.3, 0.4) is 0 Å². The minimum atomic E-state index is -4.10. The quantitative estimate of drug-likeness (QED) is 0.396. The van der Waals surface area contributed by atoms with E-state index >= 15 is 0 Å². The van der Waals surface area contributed by atoms with Gasteiger partial charge < -0.3 is 14.2 Å². The number of allylic oxidation sites excluding steroid dienone is 1. The molecular weight excluding hydrogens is 521 g/mol. The van der Waals surface area contributed by atoms with Gasteiger partial charge in [0.05, 0.1) is 41.7 Å². The van der Waals surface area contributed by atoms with E-state index in [0.717, 1.165) is 12.8 Å². The number of methoxy groups -OCH3 is 3. The molecule has 1 unspecified atom stereocenters. The Morgan fingerprint density at radius 1 is 1.12 bits per heavy atom. The highest BCUT2D eigenvalue weighted by Gasteiger charge is 2.35. The van der Waals surface area contributed by atoms with E-state index in [1.54, 1.807) is 25.3 Å². The molecule has 0 N–H and O–H groups in total. The molecule has 1 heterocycles. The molecule has 1 aliphatic heterocycles. The Bertz CT molecular complexity index is 1190. The van der Waals surface area contributed by atoms with Crippen LogP contribution in [-0.4, -0.2) is 45.4 Å². The summed E-state index contributed by atoms with van der Waals surface area (Å²) in [5.74, 6) is 0.472. The van der Waals surface area contributed by atoms with E-state index in [1.165, 1.54) is 48.5 Å². The lowest BCUT2D eigenvalue weighted by Crippen LogP contribution is -2.38. The van der Waals surface area contributed by atoms with E-state index in [2.05, 4.69) is 0 Å². The lowest BCUT2D eigenvalue weighted by atomic mass is 10.2. The topological polar surface area (TPSA) is 82.1 Å². The third-order valence-electron chi connectivity index (χ3n) is 5.29. The van der Waals surface area contributed by atoms with Gasteiger partial charge in [0.2, 0.25) is 10.0 Å². The van der Waals surface area contributed by atoms with Gasteiger partial charge in [0.1, 0.15) is 16.4 Å². The maximum Gasteiger partial charge on any atom is 0.337 e. The predicted molar refractivity (Wildman–Crippen MR) is 134 cm³/mol. The van der Waals surface area contributed by atoms with Crippen molar-refractivity contribution in [1.82, 2.24) is 4.31 Å². The molecule has 7 nitrogen and oxygen atoms in total. The highest BCUT2D eigenvalue weighted by atomic mass is 35.5. The van der Waals surface area contributed by atoms with Crippen LogP contribution in [-0.2, 0) is 21.3 Å². The van der Waals surface area contributed by atoms with E-state index in [9.17, 15) is 13.2 Å². The Hall–Kier alpha value is -1.91. The second kappa shape index (κ2) is 11.7. The van der Waals surface area contributed by atoms with Crippen molar-refractivity contribution in [2.24, 2.45) is 0 Å². The number of benzene rings is 2. The van der Waals surface area contributed by atoms with Gasteiger partial charge in [0.25, 0.3) is 0 Å². The number of hydrogen-bond donors (Lipinski definition) is 0. The molecule has 3 rings (SSSR count). The summed E-state index contributed by atoms with van der Waals surface area (Å²) < 4.78 is 45.2. The third-order valence-corrected chi connectivity index (χ3v) is 9.34. The molecule has 0 spiro atoms. The van der Waals surface area contributed by atoms with Crippen LogP contribution in [0.25, 0.3) is 0 Å². The normalized spacial score (nSPS) is 16.5. The van der Waals surface area contributed by atoms with E-state index in [1.807, 2.05) is 6.08 Å². The standard InChI is InChI=1S/C23H25Cl2NO6S2/c1-30-17-10-8-16(19(13-17)31-2)14-26(22-7-5-4-6-21(25)33-22)34(28,29)20-11-9-15(12-18(20)24)23(27)32-3/h6,8-13,22H,4-5,7,14H2,1-3H3. The number of esters is 1. The predicted octanol–water partition coefficient (Wildman–Crippen LogP) is 5.66. The summed E-state index contributed by atoms with van der Waals surface area (Å²) in [5, 5.41) is -0.547. The van der Waals surface area contributed by atoms with Crippen LogP contribution in [0, 0.1) is 0 Å². The van der Waals surface area contributed by atoms with Crippen molar-refractivity contribution < 1.29 is 27.4 Å². The lowest BCUT2D eigenvalue weighted by molar-refractivity contribution is 0.0600. The van der Waals surface area contributed by atoms with E-state index in [0.29, 0.717) is 27.8 Å². The average molecular weight is 546 g/mol. The molecule has 0 saturated carbocycles. The zero-order chi connectivity index (χ0) is 24.9. The molecular formula is C23H25Cl2NO6S2. The largest absolute Gasteiger partial charge is 0.497 e. The van der Waals surface area contributed by atoms with Crippen LogP contribution in [0.15, 0.2) is 51.7 Å². The SMILES string of the molecule is COC(=O)c1ccc(S(=O)(=O)N(Cc2ccc(OC)cc2OC)C2CCCC=C(Cl)S2)c(Cl)c1. The number of ether oxygens (including phenoxy) is 3. The molecule has 11 heteroatoms.